The van der Waals surface area contributed by atoms with Gasteiger partial charge in [0.15, 0.2) is 0 Å². The van der Waals surface area contributed by atoms with E-state index in [9.17, 15) is 0 Å². The second-order valence-electron chi connectivity index (χ2n) is 7.65. The Morgan fingerprint density at radius 3 is 2.04 bits per heavy atom. The van der Waals surface area contributed by atoms with Crippen LogP contribution in [0.5, 0.6) is 0 Å². The number of nitrogens with zero attached hydrogens (tertiary/aromatic N) is 1. The smallest absolute Gasteiger partial charge is 0.0656 e. The van der Waals surface area contributed by atoms with Crippen LogP contribution in [0.2, 0.25) is 0 Å². The molecule has 0 saturated carbocycles. The quantitative estimate of drug-likeness (QED) is 0.735. The second kappa shape index (κ2) is 6.91. The molecule has 3 nitrogen and oxygen atoms in total. The van der Waals surface area contributed by atoms with Crippen molar-refractivity contribution < 1.29 is 0 Å². The summed E-state index contributed by atoms with van der Waals surface area (Å²) >= 11 is 0. The minimum atomic E-state index is 0.279. The Hall–Kier alpha value is -2.29. The van der Waals surface area contributed by atoms with E-state index in [2.05, 4.69) is 88.6 Å². The molecule has 1 aliphatic rings. The van der Waals surface area contributed by atoms with E-state index in [0.717, 1.165) is 5.71 Å². The summed E-state index contributed by atoms with van der Waals surface area (Å²) in [6, 6.07) is 9.89. The first-order valence-corrected chi connectivity index (χ1v) is 9.26. The molecule has 132 valence electrons. The topological polar surface area (TPSA) is 36.4 Å². The lowest BCUT2D eigenvalue weighted by Gasteiger charge is -2.23. The normalized spacial score (nSPS) is 15.0. The van der Waals surface area contributed by atoms with Gasteiger partial charge in [0.2, 0.25) is 0 Å². The third-order valence-electron chi connectivity index (χ3n) is 4.19. The fourth-order valence-electron chi connectivity index (χ4n) is 3.38. The highest BCUT2D eigenvalue weighted by molar-refractivity contribution is 6.25. The molecule has 0 spiro atoms. The van der Waals surface area contributed by atoms with Crippen LogP contribution in [-0.4, -0.2) is 23.8 Å². The zero-order valence-electron chi connectivity index (χ0n) is 16.1. The van der Waals surface area contributed by atoms with Crippen LogP contribution in [0.15, 0.2) is 35.3 Å². The highest BCUT2D eigenvalue weighted by atomic mass is 14.9. The molecule has 1 aliphatic carbocycles. The molecule has 2 aromatic carbocycles. The van der Waals surface area contributed by atoms with Crippen LogP contribution in [0, 0.1) is 0 Å². The summed E-state index contributed by atoms with van der Waals surface area (Å²) in [5.74, 6) is 0. The Bertz CT molecular complexity index is 842. The predicted molar refractivity (Wildman–Crippen MR) is 112 cm³/mol. The third-order valence-corrected chi connectivity index (χ3v) is 4.19. The SMILES string of the molecule is CC(C)N=C1C=Cc2c(NC(C)C)ccc3c(NC(C)C)ccc1c23. The van der Waals surface area contributed by atoms with Crippen molar-refractivity contribution in [2.24, 2.45) is 4.99 Å². The molecular formula is C22H29N3. The first-order valence-electron chi connectivity index (χ1n) is 9.26. The van der Waals surface area contributed by atoms with E-state index in [1.807, 2.05) is 0 Å². The Morgan fingerprint density at radius 2 is 1.40 bits per heavy atom. The molecule has 0 saturated heterocycles. The van der Waals surface area contributed by atoms with Gasteiger partial charge in [0, 0.05) is 51.4 Å². The van der Waals surface area contributed by atoms with Gasteiger partial charge in [-0.15, -0.1) is 0 Å². The molecule has 0 aromatic heterocycles. The second-order valence-corrected chi connectivity index (χ2v) is 7.65. The number of allylic oxidation sites excluding steroid dienone is 1. The number of hydrogen-bond donors (Lipinski definition) is 2. The molecule has 0 atom stereocenters. The van der Waals surface area contributed by atoms with Crippen molar-refractivity contribution in [2.45, 2.75) is 59.7 Å². The van der Waals surface area contributed by atoms with Crippen molar-refractivity contribution in [2.75, 3.05) is 10.6 Å². The largest absolute Gasteiger partial charge is 0.382 e. The van der Waals surface area contributed by atoms with Gasteiger partial charge in [0.25, 0.3) is 0 Å². The number of anilines is 2. The van der Waals surface area contributed by atoms with Crippen LogP contribution in [-0.2, 0) is 0 Å². The van der Waals surface area contributed by atoms with Gasteiger partial charge < -0.3 is 10.6 Å². The lowest BCUT2D eigenvalue weighted by molar-refractivity contribution is 0.838. The van der Waals surface area contributed by atoms with Gasteiger partial charge >= 0.3 is 0 Å². The maximum Gasteiger partial charge on any atom is 0.0656 e. The molecule has 0 bridgehead atoms. The van der Waals surface area contributed by atoms with Crippen molar-refractivity contribution in [3.8, 4) is 0 Å². The number of rotatable bonds is 5. The molecule has 0 fully saturated rings. The van der Waals surface area contributed by atoms with E-state index >= 15 is 0 Å². The number of hydrogen-bond acceptors (Lipinski definition) is 3. The molecule has 25 heavy (non-hydrogen) atoms. The van der Waals surface area contributed by atoms with E-state index in [4.69, 9.17) is 4.99 Å². The summed E-state index contributed by atoms with van der Waals surface area (Å²) in [5.41, 5.74) is 5.93. The summed E-state index contributed by atoms with van der Waals surface area (Å²) in [6.07, 6.45) is 4.36. The molecule has 2 aromatic rings. The first kappa shape index (κ1) is 17.5. The van der Waals surface area contributed by atoms with Crippen LogP contribution in [0.25, 0.3) is 16.8 Å². The van der Waals surface area contributed by atoms with Crippen molar-refractivity contribution in [1.29, 1.82) is 0 Å². The average molecular weight is 335 g/mol. The van der Waals surface area contributed by atoms with Crippen molar-refractivity contribution >= 4 is 33.9 Å². The maximum absolute atomic E-state index is 4.83. The molecule has 0 aliphatic heterocycles. The van der Waals surface area contributed by atoms with Gasteiger partial charge in [-0.25, -0.2) is 0 Å². The van der Waals surface area contributed by atoms with Gasteiger partial charge in [-0.1, -0.05) is 18.2 Å². The van der Waals surface area contributed by atoms with E-state index in [1.54, 1.807) is 0 Å². The van der Waals surface area contributed by atoms with E-state index < -0.39 is 0 Å². The first-order chi connectivity index (χ1) is 11.9. The number of nitrogens with one attached hydrogen (secondary N) is 2. The zero-order chi connectivity index (χ0) is 18.1. The van der Waals surface area contributed by atoms with Crippen LogP contribution in [0.1, 0.15) is 52.7 Å². The Kier molecular flexibility index (Phi) is 4.85. The highest BCUT2D eigenvalue weighted by Crippen LogP contribution is 2.38. The predicted octanol–water partition coefficient (Wildman–Crippen LogP) is 5.70. The Morgan fingerprint density at radius 1 is 0.760 bits per heavy atom. The molecule has 3 rings (SSSR count). The maximum atomic E-state index is 4.83. The number of aliphatic imine (C=N–C) groups is 1. The highest BCUT2D eigenvalue weighted by Gasteiger charge is 2.19. The Balaban J connectivity index is 2.28. The molecule has 0 heterocycles. The number of benzene rings is 2. The average Bonchev–Trinajstić information content (AvgIpc) is 2.51. The molecule has 2 N–H and O–H groups in total. The van der Waals surface area contributed by atoms with Gasteiger partial charge in [-0.3, -0.25) is 4.99 Å². The van der Waals surface area contributed by atoms with Crippen LogP contribution in [0.4, 0.5) is 11.4 Å². The van der Waals surface area contributed by atoms with Gasteiger partial charge in [-0.2, -0.15) is 0 Å². The van der Waals surface area contributed by atoms with Crippen LogP contribution in [0.3, 0.4) is 0 Å². The zero-order valence-corrected chi connectivity index (χ0v) is 16.1. The molecular weight excluding hydrogens is 306 g/mol. The van der Waals surface area contributed by atoms with E-state index in [1.165, 1.54) is 33.3 Å². The minimum absolute atomic E-state index is 0.279. The van der Waals surface area contributed by atoms with Gasteiger partial charge in [0.1, 0.15) is 0 Å². The van der Waals surface area contributed by atoms with Crippen LogP contribution < -0.4 is 10.6 Å². The van der Waals surface area contributed by atoms with Crippen LogP contribution >= 0.6 is 0 Å². The van der Waals surface area contributed by atoms with Crippen molar-refractivity contribution in [3.05, 3.63) is 41.5 Å². The molecule has 0 radical (unpaired) electrons. The third kappa shape index (κ3) is 3.55. The van der Waals surface area contributed by atoms with Gasteiger partial charge in [0.05, 0.1) is 5.71 Å². The lowest BCUT2D eigenvalue weighted by atomic mass is 9.89. The standard InChI is InChI=1S/C22H29N3/c1-13(2)23-19-10-7-17-21(25-15(5)6)12-9-18-20(24-14(3)4)11-8-16(19)22(17)18/h7-15,23-24H,1-6H3. The summed E-state index contributed by atoms with van der Waals surface area (Å²) < 4.78 is 0. The fraction of sp³-hybridized carbons (Fsp3) is 0.409. The summed E-state index contributed by atoms with van der Waals surface area (Å²) in [5, 5.41) is 9.71. The lowest BCUT2D eigenvalue weighted by Crippen LogP contribution is -2.14. The summed E-state index contributed by atoms with van der Waals surface area (Å²) in [6.45, 7) is 12.9. The van der Waals surface area contributed by atoms with E-state index in [-0.39, 0.29) is 6.04 Å². The monoisotopic (exact) mass is 335 g/mol. The summed E-state index contributed by atoms with van der Waals surface area (Å²) in [7, 11) is 0. The molecule has 0 amide bonds. The molecule has 3 heteroatoms. The summed E-state index contributed by atoms with van der Waals surface area (Å²) in [4.78, 5) is 4.83. The Labute approximate surface area is 151 Å². The fourth-order valence-corrected chi connectivity index (χ4v) is 3.38. The van der Waals surface area contributed by atoms with Gasteiger partial charge in [-0.05, 0) is 59.8 Å². The minimum Gasteiger partial charge on any atom is -0.382 e. The van der Waals surface area contributed by atoms with E-state index in [0.29, 0.717) is 12.1 Å². The molecule has 0 unspecified atom stereocenters. The van der Waals surface area contributed by atoms with Crippen molar-refractivity contribution in [1.82, 2.24) is 0 Å². The van der Waals surface area contributed by atoms with Crippen molar-refractivity contribution in [3.63, 3.8) is 0 Å².